The van der Waals surface area contributed by atoms with Gasteiger partial charge in [0.1, 0.15) is 0 Å². The quantitative estimate of drug-likeness (QED) is 0.739. The van der Waals surface area contributed by atoms with Crippen LogP contribution in [0.4, 0.5) is 5.69 Å². The lowest BCUT2D eigenvalue weighted by Crippen LogP contribution is -2.33. The number of primary amides is 1. The normalized spacial score (nSPS) is 19.5. The SMILES string of the molecule is COc1cc(NC(=O)CCC2CCCCC2C(N)=O)cc(OC)c1OC. The van der Waals surface area contributed by atoms with Gasteiger partial charge in [-0.15, -0.1) is 0 Å². The molecule has 3 N–H and O–H groups in total. The molecule has 7 heteroatoms. The fraction of sp³-hybridized carbons (Fsp3) is 0.579. The van der Waals surface area contributed by atoms with Crippen LogP contribution in [0.1, 0.15) is 38.5 Å². The molecule has 1 saturated carbocycles. The number of nitrogens with two attached hydrogens (primary N) is 1. The van der Waals surface area contributed by atoms with Gasteiger partial charge in [0.2, 0.25) is 17.6 Å². The second-order valence-electron chi connectivity index (χ2n) is 6.55. The molecule has 0 radical (unpaired) electrons. The molecule has 2 unspecified atom stereocenters. The van der Waals surface area contributed by atoms with E-state index in [4.69, 9.17) is 19.9 Å². The van der Waals surface area contributed by atoms with Gasteiger partial charge in [0, 0.05) is 30.2 Å². The maximum atomic E-state index is 12.3. The fourth-order valence-electron chi connectivity index (χ4n) is 3.62. The van der Waals surface area contributed by atoms with E-state index in [2.05, 4.69) is 5.32 Å². The Kier molecular flexibility index (Phi) is 7.12. The zero-order valence-corrected chi connectivity index (χ0v) is 15.7. The molecule has 1 aromatic carbocycles. The molecular weight excluding hydrogens is 336 g/mol. The van der Waals surface area contributed by atoms with Crippen LogP contribution < -0.4 is 25.3 Å². The molecule has 0 heterocycles. The fourth-order valence-corrected chi connectivity index (χ4v) is 3.62. The van der Waals surface area contributed by atoms with Gasteiger partial charge in [0.25, 0.3) is 0 Å². The lowest BCUT2D eigenvalue weighted by Gasteiger charge is -2.29. The highest BCUT2D eigenvalue weighted by Gasteiger charge is 2.29. The van der Waals surface area contributed by atoms with Crippen molar-refractivity contribution in [3.05, 3.63) is 12.1 Å². The van der Waals surface area contributed by atoms with Gasteiger partial charge in [-0.1, -0.05) is 12.8 Å². The largest absolute Gasteiger partial charge is 0.493 e. The first-order chi connectivity index (χ1) is 12.5. The van der Waals surface area contributed by atoms with Crippen molar-refractivity contribution in [3.8, 4) is 17.2 Å². The smallest absolute Gasteiger partial charge is 0.224 e. The molecule has 1 fully saturated rings. The first kappa shape index (κ1) is 19.9. The van der Waals surface area contributed by atoms with Crippen molar-refractivity contribution in [1.82, 2.24) is 0 Å². The van der Waals surface area contributed by atoms with Crippen LogP contribution in [-0.4, -0.2) is 33.1 Å². The number of anilines is 1. The molecular formula is C19H28N2O5. The number of nitrogens with one attached hydrogen (secondary N) is 1. The van der Waals surface area contributed by atoms with Crippen molar-refractivity contribution in [1.29, 1.82) is 0 Å². The van der Waals surface area contributed by atoms with Crippen LogP contribution in [0, 0.1) is 11.8 Å². The Morgan fingerprint density at radius 1 is 1.08 bits per heavy atom. The summed E-state index contributed by atoms with van der Waals surface area (Å²) in [4.78, 5) is 23.9. The third-order valence-corrected chi connectivity index (χ3v) is 4.97. The minimum absolute atomic E-state index is 0.113. The predicted molar refractivity (Wildman–Crippen MR) is 98.6 cm³/mol. The Labute approximate surface area is 154 Å². The summed E-state index contributed by atoms with van der Waals surface area (Å²) in [6, 6.07) is 3.37. The summed E-state index contributed by atoms with van der Waals surface area (Å²) in [5.41, 5.74) is 6.07. The zero-order valence-electron chi connectivity index (χ0n) is 15.7. The van der Waals surface area contributed by atoms with Gasteiger partial charge in [0.15, 0.2) is 11.5 Å². The van der Waals surface area contributed by atoms with E-state index in [1.54, 1.807) is 12.1 Å². The average molecular weight is 364 g/mol. The summed E-state index contributed by atoms with van der Waals surface area (Å²) in [5, 5.41) is 2.86. The summed E-state index contributed by atoms with van der Waals surface area (Å²) in [7, 11) is 4.57. The Balaban J connectivity index is 2.00. The van der Waals surface area contributed by atoms with E-state index in [-0.39, 0.29) is 23.7 Å². The number of methoxy groups -OCH3 is 3. The molecule has 1 aliphatic rings. The standard InChI is InChI=1S/C19H28N2O5/c1-24-15-10-13(11-16(25-2)18(15)26-3)21-17(22)9-8-12-6-4-5-7-14(12)19(20)23/h10-12,14H,4-9H2,1-3H3,(H2,20,23)(H,21,22). The minimum Gasteiger partial charge on any atom is -0.493 e. The second kappa shape index (κ2) is 9.31. The number of amides is 2. The van der Waals surface area contributed by atoms with Crippen molar-refractivity contribution >= 4 is 17.5 Å². The number of hydrogen-bond donors (Lipinski definition) is 2. The Morgan fingerprint density at radius 3 is 2.23 bits per heavy atom. The molecule has 1 aromatic rings. The molecule has 144 valence electrons. The summed E-state index contributed by atoms with van der Waals surface area (Å²) in [6.45, 7) is 0. The van der Waals surface area contributed by atoms with Crippen molar-refractivity contribution in [3.63, 3.8) is 0 Å². The van der Waals surface area contributed by atoms with Crippen LogP contribution in [0.5, 0.6) is 17.2 Å². The van der Waals surface area contributed by atoms with Gasteiger partial charge < -0.3 is 25.3 Å². The lowest BCUT2D eigenvalue weighted by molar-refractivity contribution is -0.125. The molecule has 2 rings (SSSR count). The van der Waals surface area contributed by atoms with Crippen LogP contribution in [0.25, 0.3) is 0 Å². The number of benzene rings is 1. The molecule has 0 spiro atoms. The molecule has 7 nitrogen and oxygen atoms in total. The van der Waals surface area contributed by atoms with Gasteiger partial charge in [-0.25, -0.2) is 0 Å². The molecule has 2 amide bonds. The van der Waals surface area contributed by atoms with E-state index in [1.807, 2.05) is 0 Å². The lowest BCUT2D eigenvalue weighted by atomic mass is 9.76. The van der Waals surface area contributed by atoms with Gasteiger partial charge in [0.05, 0.1) is 21.3 Å². The molecule has 0 aliphatic heterocycles. The first-order valence-corrected chi connectivity index (χ1v) is 8.89. The average Bonchev–Trinajstić information content (AvgIpc) is 2.65. The number of rotatable bonds is 8. The van der Waals surface area contributed by atoms with Crippen LogP contribution in [-0.2, 0) is 9.59 Å². The van der Waals surface area contributed by atoms with Crippen LogP contribution in [0.15, 0.2) is 12.1 Å². The third-order valence-electron chi connectivity index (χ3n) is 4.97. The molecule has 0 aromatic heterocycles. The van der Waals surface area contributed by atoms with Gasteiger partial charge >= 0.3 is 0 Å². The van der Waals surface area contributed by atoms with Crippen LogP contribution in [0.2, 0.25) is 0 Å². The summed E-state index contributed by atoms with van der Waals surface area (Å²) < 4.78 is 15.9. The van der Waals surface area contributed by atoms with Gasteiger partial charge in [-0.2, -0.15) is 0 Å². The Bertz CT molecular complexity index is 622. The zero-order chi connectivity index (χ0) is 19.1. The van der Waals surface area contributed by atoms with Crippen molar-refractivity contribution in [2.45, 2.75) is 38.5 Å². The molecule has 0 bridgehead atoms. The number of hydrogen-bond acceptors (Lipinski definition) is 5. The van der Waals surface area contributed by atoms with Gasteiger partial charge in [-0.3, -0.25) is 9.59 Å². The minimum atomic E-state index is -0.250. The van der Waals surface area contributed by atoms with E-state index in [9.17, 15) is 9.59 Å². The highest BCUT2D eigenvalue weighted by molar-refractivity contribution is 5.91. The maximum absolute atomic E-state index is 12.3. The van der Waals surface area contributed by atoms with E-state index in [0.29, 0.717) is 35.8 Å². The Hall–Kier alpha value is -2.44. The topological polar surface area (TPSA) is 99.9 Å². The van der Waals surface area contributed by atoms with Crippen LogP contribution >= 0.6 is 0 Å². The maximum Gasteiger partial charge on any atom is 0.224 e. The van der Waals surface area contributed by atoms with E-state index in [1.165, 1.54) is 21.3 Å². The molecule has 2 atom stereocenters. The summed E-state index contributed by atoms with van der Waals surface area (Å²) >= 11 is 0. The van der Waals surface area contributed by atoms with Crippen molar-refractivity contribution in [2.75, 3.05) is 26.6 Å². The molecule has 1 aliphatic carbocycles. The number of carbonyl (C=O) groups excluding carboxylic acids is 2. The highest BCUT2D eigenvalue weighted by atomic mass is 16.5. The van der Waals surface area contributed by atoms with E-state index in [0.717, 1.165) is 25.7 Å². The van der Waals surface area contributed by atoms with E-state index >= 15 is 0 Å². The highest BCUT2D eigenvalue weighted by Crippen LogP contribution is 2.40. The summed E-state index contributed by atoms with van der Waals surface area (Å²) in [6.07, 6.45) is 4.89. The van der Waals surface area contributed by atoms with Gasteiger partial charge in [-0.05, 0) is 25.2 Å². The number of ether oxygens (including phenoxy) is 3. The number of carbonyl (C=O) groups is 2. The molecule has 26 heavy (non-hydrogen) atoms. The summed E-state index contributed by atoms with van der Waals surface area (Å²) in [5.74, 6) is 1.13. The van der Waals surface area contributed by atoms with Crippen LogP contribution in [0.3, 0.4) is 0 Å². The van der Waals surface area contributed by atoms with E-state index < -0.39 is 0 Å². The second-order valence-corrected chi connectivity index (χ2v) is 6.55. The third kappa shape index (κ3) is 4.80. The first-order valence-electron chi connectivity index (χ1n) is 8.89. The molecule has 0 saturated heterocycles. The predicted octanol–water partition coefficient (Wildman–Crippen LogP) is 2.72. The van der Waals surface area contributed by atoms with Crippen molar-refractivity contribution in [2.24, 2.45) is 17.6 Å². The Morgan fingerprint density at radius 2 is 1.69 bits per heavy atom. The van der Waals surface area contributed by atoms with Crippen molar-refractivity contribution < 1.29 is 23.8 Å². The monoisotopic (exact) mass is 364 g/mol.